The van der Waals surface area contributed by atoms with Crippen LogP contribution in [0.3, 0.4) is 0 Å². The quantitative estimate of drug-likeness (QED) is 0.185. The molecule has 0 N–H and O–H groups in total. The predicted molar refractivity (Wildman–Crippen MR) is 147 cm³/mol. The number of hydrogen-bond donors (Lipinski definition) is 0. The standard InChI is InChI=1S/C28H21Cl2N3O5S/c1-15(2)22-10-6-18(13-31)26(32-22)39-24-12-25(35)33(27(24)36)19-7-3-16(4-8-19)28(37)38-14-23(34)17-5-9-20(29)21(30)11-17/h3-11,15,24H,12,14H2,1-2H3. The van der Waals surface area contributed by atoms with Gasteiger partial charge in [0, 0.05) is 17.7 Å². The lowest BCUT2D eigenvalue weighted by Crippen LogP contribution is -2.31. The second-order valence-electron chi connectivity index (χ2n) is 8.91. The minimum atomic E-state index is -0.748. The number of halogens is 2. The second kappa shape index (κ2) is 12.0. The number of imide groups is 1. The summed E-state index contributed by atoms with van der Waals surface area (Å²) in [4.78, 5) is 56.2. The van der Waals surface area contributed by atoms with Gasteiger partial charge in [-0.2, -0.15) is 5.26 Å². The molecule has 8 nitrogen and oxygen atoms in total. The topological polar surface area (TPSA) is 117 Å². The van der Waals surface area contributed by atoms with Gasteiger partial charge in [-0.1, -0.05) is 48.8 Å². The van der Waals surface area contributed by atoms with Gasteiger partial charge in [-0.05, 0) is 60.5 Å². The molecule has 1 atom stereocenters. The van der Waals surface area contributed by atoms with Gasteiger partial charge in [0.1, 0.15) is 11.1 Å². The van der Waals surface area contributed by atoms with E-state index in [9.17, 15) is 24.4 Å². The third-order valence-electron chi connectivity index (χ3n) is 5.89. The molecule has 11 heteroatoms. The highest BCUT2D eigenvalue weighted by Crippen LogP contribution is 2.35. The average Bonchev–Trinajstić information content (AvgIpc) is 3.20. The van der Waals surface area contributed by atoms with Crippen LogP contribution in [0.2, 0.25) is 10.0 Å². The lowest BCUT2D eigenvalue weighted by atomic mass is 10.1. The number of Topliss-reactive ketones (excluding diaryl/α,β-unsaturated/α-hetero) is 1. The molecule has 3 aromatic rings. The summed E-state index contributed by atoms with van der Waals surface area (Å²) in [5.74, 6) is -1.91. The van der Waals surface area contributed by atoms with Gasteiger partial charge in [-0.3, -0.25) is 14.4 Å². The zero-order valence-corrected chi connectivity index (χ0v) is 23.1. The smallest absolute Gasteiger partial charge is 0.338 e. The molecule has 0 saturated carbocycles. The molecule has 1 fully saturated rings. The first kappa shape index (κ1) is 28.3. The van der Waals surface area contributed by atoms with Crippen molar-refractivity contribution in [2.75, 3.05) is 11.5 Å². The van der Waals surface area contributed by atoms with E-state index in [1.807, 2.05) is 13.8 Å². The molecule has 4 rings (SSSR count). The number of rotatable bonds is 8. The highest BCUT2D eigenvalue weighted by molar-refractivity contribution is 8.00. The first-order chi connectivity index (χ1) is 18.6. The van der Waals surface area contributed by atoms with Crippen LogP contribution >= 0.6 is 35.0 Å². The first-order valence-corrected chi connectivity index (χ1v) is 13.4. The van der Waals surface area contributed by atoms with Gasteiger partial charge in [0.25, 0.3) is 0 Å². The van der Waals surface area contributed by atoms with E-state index in [-0.39, 0.29) is 28.5 Å². The molecular formula is C28H21Cl2N3O5S. The molecule has 1 saturated heterocycles. The van der Waals surface area contributed by atoms with Crippen molar-refractivity contribution in [3.05, 3.63) is 87.0 Å². The van der Waals surface area contributed by atoms with Gasteiger partial charge in [0.2, 0.25) is 11.8 Å². The Morgan fingerprint density at radius 1 is 1.08 bits per heavy atom. The Kier molecular flexibility index (Phi) is 8.70. The van der Waals surface area contributed by atoms with Crippen LogP contribution in [0, 0.1) is 11.3 Å². The first-order valence-electron chi connectivity index (χ1n) is 11.8. The Bertz CT molecular complexity index is 1520. The Morgan fingerprint density at radius 3 is 2.41 bits per heavy atom. The van der Waals surface area contributed by atoms with Gasteiger partial charge >= 0.3 is 5.97 Å². The average molecular weight is 582 g/mol. The van der Waals surface area contributed by atoms with Crippen molar-refractivity contribution < 1.29 is 23.9 Å². The molecule has 198 valence electrons. The fourth-order valence-corrected chi connectivity index (χ4v) is 5.17. The van der Waals surface area contributed by atoms with Crippen LogP contribution in [-0.2, 0) is 14.3 Å². The highest BCUT2D eigenvalue weighted by Gasteiger charge is 2.40. The van der Waals surface area contributed by atoms with Crippen LogP contribution in [0.15, 0.2) is 59.6 Å². The van der Waals surface area contributed by atoms with Crippen LogP contribution in [0.5, 0.6) is 0 Å². The maximum Gasteiger partial charge on any atom is 0.338 e. The molecular weight excluding hydrogens is 561 g/mol. The van der Waals surface area contributed by atoms with E-state index in [2.05, 4.69) is 11.1 Å². The Balaban J connectivity index is 1.42. The Hall–Kier alpha value is -3.71. The summed E-state index contributed by atoms with van der Waals surface area (Å²) >= 11 is 12.9. The maximum atomic E-state index is 13.1. The molecule has 39 heavy (non-hydrogen) atoms. The Morgan fingerprint density at radius 2 is 1.77 bits per heavy atom. The molecule has 1 aromatic heterocycles. The monoisotopic (exact) mass is 581 g/mol. The summed E-state index contributed by atoms with van der Waals surface area (Å²) in [6.07, 6.45) is -0.0530. The number of ether oxygens (including phenoxy) is 1. The number of anilines is 1. The van der Waals surface area contributed by atoms with Crippen molar-refractivity contribution in [1.82, 2.24) is 4.98 Å². The largest absolute Gasteiger partial charge is 0.454 e. The number of nitriles is 1. The zero-order valence-electron chi connectivity index (χ0n) is 20.8. The normalized spacial score (nSPS) is 15.0. The van der Waals surface area contributed by atoms with E-state index < -0.39 is 35.4 Å². The third kappa shape index (κ3) is 6.31. The maximum absolute atomic E-state index is 13.1. The number of pyridine rings is 1. The predicted octanol–water partition coefficient (Wildman–Crippen LogP) is 5.85. The van der Waals surface area contributed by atoms with Crippen LogP contribution in [-0.4, -0.2) is 40.4 Å². The minimum Gasteiger partial charge on any atom is -0.454 e. The van der Waals surface area contributed by atoms with E-state index in [4.69, 9.17) is 27.9 Å². The van der Waals surface area contributed by atoms with Gasteiger partial charge in [-0.15, -0.1) is 0 Å². The molecule has 2 amide bonds. The number of carbonyl (C=O) groups is 4. The Labute approximate surface area is 238 Å². The van der Waals surface area contributed by atoms with E-state index in [0.29, 0.717) is 21.3 Å². The molecule has 0 aliphatic carbocycles. The number of esters is 1. The van der Waals surface area contributed by atoms with Gasteiger partial charge in [-0.25, -0.2) is 14.7 Å². The zero-order chi connectivity index (χ0) is 28.3. The molecule has 0 bridgehead atoms. The fraction of sp³-hybridized carbons (Fsp3) is 0.214. The van der Waals surface area contributed by atoms with Gasteiger partial charge < -0.3 is 4.74 Å². The lowest BCUT2D eigenvalue weighted by Gasteiger charge is -2.16. The molecule has 0 spiro atoms. The van der Waals surface area contributed by atoms with Crippen molar-refractivity contribution in [1.29, 1.82) is 5.26 Å². The molecule has 0 radical (unpaired) electrons. The van der Waals surface area contributed by atoms with Gasteiger partial charge in [0.15, 0.2) is 12.4 Å². The van der Waals surface area contributed by atoms with E-state index in [1.165, 1.54) is 42.5 Å². The number of thioether (sulfide) groups is 1. The van der Waals surface area contributed by atoms with E-state index in [1.54, 1.807) is 12.1 Å². The highest BCUT2D eigenvalue weighted by atomic mass is 35.5. The molecule has 1 aliphatic heterocycles. The number of hydrogen-bond acceptors (Lipinski definition) is 8. The number of ketones is 1. The van der Waals surface area contributed by atoms with Crippen molar-refractivity contribution in [2.24, 2.45) is 0 Å². The second-order valence-corrected chi connectivity index (χ2v) is 10.9. The SMILES string of the molecule is CC(C)c1ccc(C#N)c(SC2CC(=O)N(c3ccc(C(=O)OCC(=O)c4ccc(Cl)c(Cl)c4)cc3)C2=O)n1. The van der Waals surface area contributed by atoms with E-state index >= 15 is 0 Å². The van der Waals surface area contributed by atoms with Crippen molar-refractivity contribution in [3.63, 3.8) is 0 Å². The van der Waals surface area contributed by atoms with Crippen LogP contribution in [0.25, 0.3) is 0 Å². The molecule has 2 heterocycles. The summed E-state index contributed by atoms with van der Waals surface area (Å²) < 4.78 is 5.10. The van der Waals surface area contributed by atoms with Crippen LogP contribution in [0.1, 0.15) is 58.2 Å². The van der Waals surface area contributed by atoms with Crippen LogP contribution < -0.4 is 4.90 Å². The van der Waals surface area contributed by atoms with Crippen LogP contribution in [0.4, 0.5) is 5.69 Å². The minimum absolute atomic E-state index is 0.0530. The number of carbonyl (C=O) groups excluding carboxylic acids is 4. The molecule has 1 unspecified atom stereocenters. The number of nitrogens with zero attached hydrogens (tertiary/aromatic N) is 3. The summed E-state index contributed by atoms with van der Waals surface area (Å²) in [5, 5.41) is 9.63. The summed E-state index contributed by atoms with van der Waals surface area (Å²) in [6, 6.07) is 15.6. The number of benzene rings is 2. The van der Waals surface area contributed by atoms with Crippen molar-refractivity contribution in [2.45, 2.75) is 36.5 Å². The summed E-state index contributed by atoms with van der Waals surface area (Å²) in [6.45, 7) is 3.45. The summed E-state index contributed by atoms with van der Waals surface area (Å²) in [7, 11) is 0. The fourth-order valence-electron chi connectivity index (χ4n) is 3.77. The van der Waals surface area contributed by atoms with E-state index in [0.717, 1.165) is 22.4 Å². The molecule has 1 aliphatic rings. The van der Waals surface area contributed by atoms with Crippen molar-refractivity contribution in [3.8, 4) is 6.07 Å². The third-order valence-corrected chi connectivity index (χ3v) is 7.82. The summed E-state index contributed by atoms with van der Waals surface area (Å²) in [5.41, 5.74) is 1.80. The number of aromatic nitrogens is 1. The van der Waals surface area contributed by atoms with Gasteiger partial charge in [0.05, 0.1) is 32.1 Å². The lowest BCUT2D eigenvalue weighted by molar-refractivity contribution is -0.121. The molecule has 2 aromatic carbocycles. The number of amides is 2. The van der Waals surface area contributed by atoms with Crippen molar-refractivity contribution >= 4 is 64.2 Å².